The van der Waals surface area contributed by atoms with Crippen LogP contribution in [0.25, 0.3) is 43.9 Å². The third kappa shape index (κ3) is 4.91. The molecule has 0 atom stereocenters. The lowest BCUT2D eigenvalue weighted by molar-refractivity contribution is -0.131. The Morgan fingerprint density at radius 2 is 2.05 bits per heavy atom. The molecule has 5 aromatic rings. The van der Waals surface area contributed by atoms with Gasteiger partial charge in [-0.05, 0) is 53.7 Å². The van der Waals surface area contributed by atoms with Crippen molar-refractivity contribution in [1.29, 1.82) is 0 Å². The minimum absolute atomic E-state index is 0.0701. The Morgan fingerprint density at radius 1 is 1.16 bits per heavy atom. The fraction of sp³-hybridized carbons (Fsp3) is 0.273. The summed E-state index contributed by atoms with van der Waals surface area (Å²) >= 11 is 1.65. The molecule has 9 nitrogen and oxygen atoms in total. The highest BCUT2D eigenvalue weighted by atomic mass is 32.1. The molecule has 1 aromatic carbocycles. The van der Waals surface area contributed by atoms with Crippen molar-refractivity contribution in [2.75, 3.05) is 33.4 Å². The van der Waals surface area contributed by atoms with Gasteiger partial charge in [0.2, 0.25) is 5.91 Å². The molecule has 0 spiro atoms. The summed E-state index contributed by atoms with van der Waals surface area (Å²) < 4.78 is 10.1. The molecule has 10 heteroatoms. The Morgan fingerprint density at radius 3 is 2.88 bits per heavy atom. The zero-order chi connectivity index (χ0) is 29.5. The van der Waals surface area contributed by atoms with Gasteiger partial charge >= 0.3 is 0 Å². The van der Waals surface area contributed by atoms with E-state index in [4.69, 9.17) is 14.8 Å². The summed E-state index contributed by atoms with van der Waals surface area (Å²) in [6.45, 7) is 7.44. The van der Waals surface area contributed by atoms with Crippen LogP contribution in [0, 0.1) is 0 Å². The number of thiophene rings is 1. The molecule has 0 bridgehead atoms. The second-order valence-electron chi connectivity index (χ2n) is 11.0. The first-order valence-corrected chi connectivity index (χ1v) is 15.3. The number of likely N-dealkylation sites (tertiary alicyclic amines) is 1. The normalized spacial score (nSPS) is 15.0. The summed E-state index contributed by atoms with van der Waals surface area (Å²) in [5.74, 6) is -0.0701. The first-order valence-electron chi connectivity index (χ1n) is 14.4. The molecule has 7 rings (SSSR count). The van der Waals surface area contributed by atoms with Crippen LogP contribution in [0.4, 0.5) is 0 Å². The average molecular weight is 593 g/mol. The summed E-state index contributed by atoms with van der Waals surface area (Å²) in [7, 11) is 1.64. The topological polar surface area (TPSA) is 94.3 Å². The number of methoxy groups -OCH3 is 1. The van der Waals surface area contributed by atoms with Gasteiger partial charge in [-0.2, -0.15) is 5.10 Å². The molecule has 1 amide bonds. The van der Waals surface area contributed by atoms with Crippen molar-refractivity contribution in [3.63, 3.8) is 0 Å². The molecule has 4 aromatic heterocycles. The molecular formula is C33H32N6O3S. The molecule has 0 saturated carbocycles. The average Bonchev–Trinajstić information content (AvgIpc) is 3.69. The number of nitrogens with zero attached hydrogens (tertiary/aromatic N) is 5. The van der Waals surface area contributed by atoms with Crippen molar-refractivity contribution in [3.8, 4) is 33.8 Å². The molecule has 2 aliphatic heterocycles. The van der Waals surface area contributed by atoms with Crippen molar-refractivity contribution >= 4 is 27.3 Å². The van der Waals surface area contributed by atoms with Gasteiger partial charge in [0.1, 0.15) is 0 Å². The highest BCUT2D eigenvalue weighted by molar-refractivity contribution is 7.18. The van der Waals surface area contributed by atoms with Crippen LogP contribution in [0.15, 0.2) is 77.7 Å². The number of rotatable bonds is 8. The molecular weight excluding hydrogens is 560 g/mol. The van der Waals surface area contributed by atoms with Crippen molar-refractivity contribution in [1.82, 2.24) is 29.5 Å². The molecule has 0 radical (unpaired) electrons. The molecule has 1 saturated heterocycles. The minimum Gasteiger partial charge on any atom is -0.383 e. The van der Waals surface area contributed by atoms with E-state index in [0.717, 1.165) is 63.4 Å². The fourth-order valence-corrected chi connectivity index (χ4v) is 7.01. The molecule has 0 unspecified atom stereocenters. The van der Waals surface area contributed by atoms with Crippen molar-refractivity contribution in [2.45, 2.75) is 25.6 Å². The maximum absolute atomic E-state index is 13.1. The summed E-state index contributed by atoms with van der Waals surface area (Å²) in [5, 5.41) is 11.3. The minimum atomic E-state index is -0.0882. The maximum atomic E-state index is 13.1. The van der Waals surface area contributed by atoms with Crippen LogP contribution in [-0.2, 0) is 29.0 Å². The van der Waals surface area contributed by atoms with Gasteiger partial charge < -0.3 is 19.5 Å². The number of nitrogens with one attached hydrogen (secondary N) is 1. The number of amides is 1. The van der Waals surface area contributed by atoms with Gasteiger partial charge in [-0.15, -0.1) is 11.3 Å². The second kappa shape index (κ2) is 11.4. The predicted molar refractivity (Wildman–Crippen MR) is 169 cm³/mol. The number of hydrogen-bond acceptors (Lipinski definition) is 7. The van der Waals surface area contributed by atoms with Crippen LogP contribution in [0.1, 0.15) is 17.2 Å². The van der Waals surface area contributed by atoms with E-state index in [-0.39, 0.29) is 17.5 Å². The zero-order valence-electron chi connectivity index (χ0n) is 24.0. The van der Waals surface area contributed by atoms with Crippen LogP contribution < -0.4 is 10.9 Å². The monoisotopic (exact) mass is 592 g/mol. The predicted octanol–water partition coefficient (Wildman–Crippen LogP) is 4.52. The molecule has 1 fully saturated rings. The Labute approximate surface area is 253 Å². The summed E-state index contributed by atoms with van der Waals surface area (Å²) in [5.41, 5.74) is 7.90. The van der Waals surface area contributed by atoms with E-state index in [1.54, 1.807) is 40.0 Å². The van der Waals surface area contributed by atoms with E-state index in [1.807, 2.05) is 23.1 Å². The van der Waals surface area contributed by atoms with Crippen LogP contribution >= 0.6 is 11.3 Å². The maximum Gasteiger partial charge on any atom is 0.251 e. The SMILES string of the molecule is C=CC(=O)N1CC(n2cc(-c3nc(-c4ccc5c(c4)CCNC5)c4ccsc4c3-c3cccc(=O)n3CCOC)cn2)C1. The lowest BCUT2D eigenvalue weighted by atomic mass is 9.95. The highest BCUT2D eigenvalue weighted by Gasteiger charge is 2.32. The number of carbonyl (C=O) groups is 1. The standard InChI is InChI=1S/C33H32N6O3S/c1-3-28(40)37-19-25(20-37)39-18-24(17-35-39)32-30(27-5-4-6-29(41)38(27)12-13-42-2)33-26(10-14-43-33)31(36-32)22-7-8-23-16-34-11-9-21(23)15-22/h3-8,10,14-15,17-18,25,34H,1,9,11-13,16,19-20H2,2H3. The second-order valence-corrected chi connectivity index (χ2v) is 11.9. The number of carbonyl (C=O) groups excluding carboxylic acids is 1. The molecule has 43 heavy (non-hydrogen) atoms. The van der Waals surface area contributed by atoms with Gasteiger partial charge in [-0.3, -0.25) is 14.3 Å². The van der Waals surface area contributed by atoms with Crippen LogP contribution in [0.3, 0.4) is 0 Å². The number of fused-ring (bicyclic) bond motifs is 2. The Bertz CT molecular complexity index is 1920. The summed E-state index contributed by atoms with van der Waals surface area (Å²) in [6, 6.07) is 14.2. The molecule has 6 heterocycles. The third-order valence-corrected chi connectivity index (χ3v) is 9.33. The number of hydrogen-bond donors (Lipinski definition) is 1. The largest absolute Gasteiger partial charge is 0.383 e. The molecule has 2 aliphatic rings. The van der Waals surface area contributed by atoms with Crippen LogP contribution in [-0.4, -0.2) is 63.5 Å². The Balaban J connectivity index is 1.41. The van der Waals surface area contributed by atoms with Gasteiger partial charge in [0.05, 0.1) is 35.9 Å². The molecule has 218 valence electrons. The van der Waals surface area contributed by atoms with E-state index in [1.165, 1.54) is 17.2 Å². The smallest absolute Gasteiger partial charge is 0.251 e. The zero-order valence-corrected chi connectivity index (χ0v) is 24.8. The number of benzene rings is 1. The van der Waals surface area contributed by atoms with Gasteiger partial charge in [0, 0.05) is 72.3 Å². The van der Waals surface area contributed by atoms with Crippen molar-refractivity contribution in [2.24, 2.45) is 0 Å². The van der Waals surface area contributed by atoms with Crippen LogP contribution in [0.5, 0.6) is 0 Å². The van der Waals surface area contributed by atoms with Crippen LogP contribution in [0.2, 0.25) is 0 Å². The first kappa shape index (κ1) is 27.5. The first-order chi connectivity index (χ1) is 21.1. The van der Waals surface area contributed by atoms with Crippen molar-refractivity contribution < 1.29 is 9.53 Å². The van der Waals surface area contributed by atoms with E-state index in [9.17, 15) is 9.59 Å². The highest BCUT2D eigenvalue weighted by Crippen LogP contribution is 2.43. The van der Waals surface area contributed by atoms with E-state index >= 15 is 0 Å². The van der Waals surface area contributed by atoms with E-state index in [0.29, 0.717) is 26.2 Å². The van der Waals surface area contributed by atoms with E-state index in [2.05, 4.69) is 41.5 Å². The molecule has 1 N–H and O–H groups in total. The fourth-order valence-electron chi connectivity index (χ4n) is 6.06. The van der Waals surface area contributed by atoms with Gasteiger partial charge in [0.25, 0.3) is 5.56 Å². The quantitative estimate of drug-likeness (QED) is 0.267. The Kier molecular flexibility index (Phi) is 7.26. The lowest BCUT2D eigenvalue weighted by Crippen LogP contribution is -2.50. The Hall–Kier alpha value is -4.38. The van der Waals surface area contributed by atoms with Gasteiger partial charge in [0.15, 0.2) is 0 Å². The lowest BCUT2D eigenvalue weighted by Gasteiger charge is -2.38. The number of aromatic nitrogens is 4. The third-order valence-electron chi connectivity index (χ3n) is 8.40. The van der Waals surface area contributed by atoms with Gasteiger partial charge in [-0.25, -0.2) is 4.98 Å². The van der Waals surface area contributed by atoms with Crippen molar-refractivity contribution in [3.05, 3.63) is 94.4 Å². The molecule has 0 aliphatic carbocycles. The van der Waals surface area contributed by atoms with E-state index < -0.39 is 0 Å². The summed E-state index contributed by atoms with van der Waals surface area (Å²) in [6.07, 6.45) is 6.18. The van der Waals surface area contributed by atoms with Gasteiger partial charge in [-0.1, -0.05) is 24.8 Å². The number of pyridine rings is 2. The summed E-state index contributed by atoms with van der Waals surface area (Å²) in [4.78, 5) is 32.3. The number of ether oxygens (including phenoxy) is 1.